The molecule has 0 aliphatic rings. The smallest absolute Gasteiger partial charge is 0.305 e. The van der Waals surface area contributed by atoms with Gasteiger partial charge in [0.1, 0.15) is 0 Å². The summed E-state index contributed by atoms with van der Waals surface area (Å²) in [4.78, 5) is 22.5. The van der Waals surface area contributed by atoms with Gasteiger partial charge in [-0.2, -0.15) is 0 Å². The Morgan fingerprint density at radius 1 is 0.769 bits per heavy atom. The Balaban J connectivity index is 3.21. The zero-order valence-electron chi connectivity index (χ0n) is 17.2. The molecule has 0 aromatic carbocycles. The number of carbonyl (C=O) groups is 2. The number of amides is 1. The highest BCUT2D eigenvalue weighted by Crippen LogP contribution is 2.11. The van der Waals surface area contributed by atoms with Crippen molar-refractivity contribution in [2.24, 2.45) is 0 Å². The number of hydrogen-bond donors (Lipinski definition) is 1. The molecule has 0 bridgehead atoms. The quantitative estimate of drug-likeness (QED) is 0.192. The van der Waals surface area contributed by atoms with Crippen LogP contribution < -0.4 is 5.32 Å². The molecule has 4 nitrogen and oxygen atoms in total. The molecule has 0 fully saturated rings. The minimum absolute atomic E-state index is 0.0895. The highest BCUT2D eigenvalue weighted by molar-refractivity contribution is 5.75. The van der Waals surface area contributed by atoms with Gasteiger partial charge in [0.2, 0.25) is 5.91 Å². The van der Waals surface area contributed by atoms with Crippen LogP contribution in [-0.4, -0.2) is 25.5 Å². The Bertz CT molecular complexity index is 366. The molecular formula is C22H41NO3. The van der Waals surface area contributed by atoms with Gasteiger partial charge >= 0.3 is 5.97 Å². The Morgan fingerprint density at radius 2 is 1.35 bits per heavy atom. The van der Waals surface area contributed by atoms with Crippen molar-refractivity contribution in [3.63, 3.8) is 0 Å². The first-order valence-electron chi connectivity index (χ1n) is 10.7. The van der Waals surface area contributed by atoms with Crippen molar-refractivity contribution < 1.29 is 14.3 Å². The van der Waals surface area contributed by atoms with E-state index in [1.165, 1.54) is 45.6 Å². The molecular weight excluding hydrogens is 326 g/mol. The fourth-order valence-electron chi connectivity index (χ4n) is 2.80. The molecule has 0 aromatic rings. The molecule has 0 atom stereocenters. The predicted octanol–water partition coefficient (Wildman–Crippen LogP) is 5.70. The van der Waals surface area contributed by atoms with Crippen LogP contribution in [0.25, 0.3) is 0 Å². The monoisotopic (exact) mass is 367 g/mol. The lowest BCUT2D eigenvalue weighted by Crippen LogP contribution is -2.23. The van der Waals surface area contributed by atoms with E-state index in [1.807, 2.05) is 0 Å². The van der Waals surface area contributed by atoms with E-state index in [0.29, 0.717) is 12.8 Å². The van der Waals surface area contributed by atoms with Crippen LogP contribution in [0.4, 0.5) is 0 Å². The maximum atomic E-state index is 11.5. The van der Waals surface area contributed by atoms with Gasteiger partial charge in [-0.3, -0.25) is 9.59 Å². The van der Waals surface area contributed by atoms with Crippen molar-refractivity contribution in [2.75, 3.05) is 13.7 Å². The number of unbranched alkanes of at least 4 members (excludes halogenated alkanes) is 10. The molecule has 4 heteroatoms. The summed E-state index contributed by atoms with van der Waals surface area (Å²) >= 11 is 0. The van der Waals surface area contributed by atoms with E-state index in [2.05, 4.69) is 29.1 Å². The summed E-state index contributed by atoms with van der Waals surface area (Å²) < 4.78 is 4.63. The first-order chi connectivity index (χ1) is 12.7. The van der Waals surface area contributed by atoms with Gasteiger partial charge in [-0.15, -0.1) is 0 Å². The van der Waals surface area contributed by atoms with Crippen molar-refractivity contribution in [1.29, 1.82) is 0 Å². The van der Waals surface area contributed by atoms with Crippen LogP contribution in [0.3, 0.4) is 0 Å². The summed E-state index contributed by atoms with van der Waals surface area (Å²) in [6.45, 7) is 2.95. The molecule has 1 amide bonds. The Hall–Kier alpha value is -1.32. The lowest BCUT2D eigenvalue weighted by Gasteiger charge is -2.02. The van der Waals surface area contributed by atoms with Gasteiger partial charge in [0.05, 0.1) is 7.11 Å². The maximum absolute atomic E-state index is 11.5. The predicted molar refractivity (Wildman–Crippen MR) is 109 cm³/mol. The molecule has 0 aromatic heterocycles. The molecule has 0 rings (SSSR count). The summed E-state index contributed by atoms with van der Waals surface area (Å²) in [5.41, 5.74) is 0. The number of carbonyl (C=O) groups excluding carboxylic acids is 2. The van der Waals surface area contributed by atoms with Crippen LogP contribution in [0.5, 0.6) is 0 Å². The van der Waals surface area contributed by atoms with Gasteiger partial charge < -0.3 is 10.1 Å². The molecule has 0 heterocycles. The topological polar surface area (TPSA) is 55.4 Å². The molecule has 0 spiro atoms. The van der Waals surface area contributed by atoms with Crippen LogP contribution in [0.1, 0.15) is 103 Å². The largest absolute Gasteiger partial charge is 0.469 e. The molecule has 0 unspecified atom stereocenters. The number of allylic oxidation sites excluding steroid dienone is 2. The summed E-state index contributed by atoms with van der Waals surface area (Å²) in [5, 5.41) is 2.95. The number of rotatable bonds is 18. The fraction of sp³-hybridized carbons (Fsp3) is 0.818. The first kappa shape index (κ1) is 24.7. The Kier molecular flexibility index (Phi) is 19.0. The SMILES string of the molecule is CCCCNC(=O)CCC/C=C\CCCCCCCCCCC(=O)OC. The van der Waals surface area contributed by atoms with E-state index in [1.54, 1.807) is 0 Å². The van der Waals surface area contributed by atoms with E-state index in [9.17, 15) is 9.59 Å². The van der Waals surface area contributed by atoms with Crippen LogP contribution in [-0.2, 0) is 14.3 Å². The van der Waals surface area contributed by atoms with Gasteiger partial charge in [-0.1, -0.05) is 64.0 Å². The van der Waals surface area contributed by atoms with Crippen LogP contribution in [0, 0.1) is 0 Å². The van der Waals surface area contributed by atoms with Crippen LogP contribution in [0.15, 0.2) is 12.2 Å². The van der Waals surface area contributed by atoms with Gasteiger partial charge in [0.25, 0.3) is 0 Å². The maximum Gasteiger partial charge on any atom is 0.305 e. The molecule has 0 saturated heterocycles. The van der Waals surface area contributed by atoms with Crippen molar-refractivity contribution in [1.82, 2.24) is 5.32 Å². The molecule has 0 aliphatic heterocycles. The van der Waals surface area contributed by atoms with Crippen molar-refractivity contribution in [3.05, 3.63) is 12.2 Å². The Morgan fingerprint density at radius 3 is 1.96 bits per heavy atom. The normalized spacial score (nSPS) is 11.0. The average Bonchev–Trinajstić information content (AvgIpc) is 2.64. The van der Waals surface area contributed by atoms with Crippen molar-refractivity contribution >= 4 is 11.9 Å². The van der Waals surface area contributed by atoms with E-state index in [4.69, 9.17) is 0 Å². The average molecular weight is 368 g/mol. The van der Waals surface area contributed by atoms with E-state index < -0.39 is 0 Å². The number of ether oxygens (including phenoxy) is 1. The van der Waals surface area contributed by atoms with Gasteiger partial charge in [0.15, 0.2) is 0 Å². The molecule has 0 saturated carbocycles. The van der Waals surface area contributed by atoms with E-state index in [0.717, 1.165) is 51.5 Å². The third-order valence-corrected chi connectivity index (χ3v) is 4.52. The summed E-state index contributed by atoms with van der Waals surface area (Å²) in [6.07, 6.45) is 20.8. The minimum atomic E-state index is -0.0895. The van der Waals surface area contributed by atoms with Gasteiger partial charge in [-0.25, -0.2) is 0 Å². The number of esters is 1. The lowest BCUT2D eigenvalue weighted by atomic mass is 10.1. The first-order valence-corrected chi connectivity index (χ1v) is 10.7. The zero-order valence-corrected chi connectivity index (χ0v) is 17.2. The standard InChI is InChI=1S/C22H41NO3/c1-3-4-20-23-21(24)18-16-14-12-10-8-6-5-7-9-11-13-15-17-19-22(25)26-2/h10,12H,3-9,11,13-20H2,1-2H3,(H,23,24)/b12-10-. The van der Waals surface area contributed by atoms with E-state index >= 15 is 0 Å². The minimum Gasteiger partial charge on any atom is -0.469 e. The third-order valence-electron chi connectivity index (χ3n) is 4.52. The number of nitrogens with one attached hydrogen (secondary N) is 1. The summed E-state index contributed by atoms with van der Waals surface area (Å²) in [7, 11) is 1.45. The van der Waals surface area contributed by atoms with Crippen LogP contribution in [0.2, 0.25) is 0 Å². The second kappa shape index (κ2) is 20.0. The fourth-order valence-corrected chi connectivity index (χ4v) is 2.80. The molecule has 1 N–H and O–H groups in total. The second-order valence-corrected chi connectivity index (χ2v) is 7.01. The second-order valence-electron chi connectivity index (χ2n) is 7.01. The van der Waals surface area contributed by atoms with E-state index in [-0.39, 0.29) is 11.9 Å². The van der Waals surface area contributed by atoms with Gasteiger partial charge in [-0.05, 0) is 38.5 Å². The van der Waals surface area contributed by atoms with Crippen LogP contribution >= 0.6 is 0 Å². The van der Waals surface area contributed by atoms with Crippen molar-refractivity contribution in [2.45, 2.75) is 103 Å². The number of methoxy groups -OCH3 is 1. The number of hydrogen-bond acceptors (Lipinski definition) is 3. The van der Waals surface area contributed by atoms with Gasteiger partial charge in [0, 0.05) is 19.4 Å². The molecule has 0 radical (unpaired) electrons. The highest BCUT2D eigenvalue weighted by atomic mass is 16.5. The summed E-state index contributed by atoms with van der Waals surface area (Å²) in [6, 6.07) is 0. The zero-order chi connectivity index (χ0) is 19.3. The summed E-state index contributed by atoms with van der Waals surface area (Å²) in [5.74, 6) is 0.102. The van der Waals surface area contributed by atoms with Crippen molar-refractivity contribution in [3.8, 4) is 0 Å². The Labute approximate surface area is 161 Å². The lowest BCUT2D eigenvalue weighted by molar-refractivity contribution is -0.140. The molecule has 26 heavy (non-hydrogen) atoms. The molecule has 0 aliphatic carbocycles. The highest BCUT2D eigenvalue weighted by Gasteiger charge is 1.99. The third kappa shape index (κ3) is 19.0. The molecule has 152 valence electrons.